The van der Waals surface area contributed by atoms with E-state index in [1.807, 2.05) is 13.0 Å². The van der Waals surface area contributed by atoms with E-state index in [1.165, 1.54) is 35.2 Å². The smallest absolute Gasteiger partial charge is 0.269 e. The predicted octanol–water partition coefficient (Wildman–Crippen LogP) is 5.08. The van der Waals surface area contributed by atoms with Crippen LogP contribution in [0, 0.1) is 5.82 Å². The monoisotopic (exact) mass is 660 g/mol. The minimum absolute atomic E-state index is 0.0265. The number of ether oxygens (including phenoxy) is 1. The van der Waals surface area contributed by atoms with Crippen LogP contribution in [0.5, 0.6) is 0 Å². The largest absolute Gasteiger partial charge is 0.383 e. The van der Waals surface area contributed by atoms with Crippen molar-refractivity contribution < 1.29 is 17.5 Å². The summed E-state index contributed by atoms with van der Waals surface area (Å²) in [5.74, 6) is 0.304. The average molecular weight is 661 g/mol. The first-order valence-corrected chi connectivity index (χ1v) is 16.5. The molecular weight excluding hydrogens is 623 g/mol. The van der Waals surface area contributed by atoms with Gasteiger partial charge in [0.05, 0.1) is 23.9 Å². The van der Waals surface area contributed by atoms with Crippen LogP contribution in [0.3, 0.4) is 0 Å². The third-order valence-corrected chi connectivity index (χ3v) is 8.80. The van der Waals surface area contributed by atoms with Crippen LogP contribution in [-0.2, 0) is 14.8 Å². The number of para-hydroxylation sites is 1. The molecule has 0 saturated carbocycles. The number of pyridine rings is 1. The van der Waals surface area contributed by atoms with E-state index >= 15 is 0 Å². The predicted molar refractivity (Wildman–Crippen MR) is 180 cm³/mol. The molecule has 5 rings (SSSR count). The summed E-state index contributed by atoms with van der Waals surface area (Å²) in [5, 5.41) is 6.42. The van der Waals surface area contributed by atoms with Gasteiger partial charge in [-0.15, -0.1) is 0 Å². The van der Waals surface area contributed by atoms with E-state index in [-0.39, 0.29) is 15.8 Å². The Kier molecular flexibility index (Phi) is 9.94. The van der Waals surface area contributed by atoms with E-state index < -0.39 is 33.0 Å². The summed E-state index contributed by atoms with van der Waals surface area (Å²) < 4.78 is 50.5. The zero-order valence-electron chi connectivity index (χ0n) is 26.8. The van der Waals surface area contributed by atoms with Crippen LogP contribution in [0.15, 0.2) is 82.9 Å². The first kappa shape index (κ1) is 33.6. The van der Waals surface area contributed by atoms with Crippen molar-refractivity contribution in [1.29, 1.82) is 0 Å². The Labute approximate surface area is 272 Å². The molecule has 0 spiro atoms. The van der Waals surface area contributed by atoms with Gasteiger partial charge in [0.15, 0.2) is 0 Å². The van der Waals surface area contributed by atoms with Gasteiger partial charge >= 0.3 is 0 Å². The molecule has 5 aromatic rings. The highest BCUT2D eigenvalue weighted by molar-refractivity contribution is 7.89. The molecule has 0 aliphatic heterocycles. The standard InChI is InChI=1S/C33H37FN8O4S/c1-6-26(30-39-27-14-10-13-25(34)28(27)31(43)42(30)22-11-8-7-9-12-22)38-29-24(20-37-32(40-29)36-15-16-46-5)21-17-23(19-35-18-21)47(44,45)41-33(2,3)4/h7-14,17-20,26,41H,6,15-16H2,1-5H3,(H2,36,37,38,40). The highest BCUT2D eigenvalue weighted by atomic mass is 32.2. The van der Waals surface area contributed by atoms with Crippen molar-refractivity contribution in [3.05, 3.63) is 95.2 Å². The van der Waals surface area contributed by atoms with E-state index in [0.717, 1.165) is 0 Å². The van der Waals surface area contributed by atoms with Crippen LogP contribution in [0.25, 0.3) is 27.7 Å². The minimum atomic E-state index is -3.90. The molecule has 1 atom stereocenters. The maximum atomic E-state index is 15.0. The van der Waals surface area contributed by atoms with E-state index in [2.05, 4.69) is 25.3 Å². The van der Waals surface area contributed by atoms with Crippen LogP contribution in [0.4, 0.5) is 16.2 Å². The lowest BCUT2D eigenvalue weighted by Gasteiger charge is -2.24. The Morgan fingerprint density at radius 1 is 1.02 bits per heavy atom. The number of rotatable bonds is 12. The summed E-state index contributed by atoms with van der Waals surface area (Å²) >= 11 is 0. The van der Waals surface area contributed by atoms with Gasteiger partial charge in [0.1, 0.15) is 27.7 Å². The number of halogens is 1. The summed E-state index contributed by atoms with van der Waals surface area (Å²) in [6.07, 6.45) is 4.81. The fourth-order valence-corrected chi connectivity index (χ4v) is 6.42. The normalized spacial score (nSPS) is 12.6. The van der Waals surface area contributed by atoms with E-state index in [9.17, 15) is 17.6 Å². The Morgan fingerprint density at radius 2 is 1.79 bits per heavy atom. The molecule has 1 unspecified atom stereocenters. The lowest BCUT2D eigenvalue weighted by Crippen LogP contribution is -2.40. The van der Waals surface area contributed by atoms with Crippen molar-refractivity contribution in [2.75, 3.05) is 30.9 Å². The van der Waals surface area contributed by atoms with Crippen molar-refractivity contribution in [3.8, 4) is 16.8 Å². The fraction of sp³-hybridized carbons (Fsp3) is 0.303. The molecule has 2 aromatic carbocycles. The van der Waals surface area contributed by atoms with E-state index in [1.54, 1.807) is 64.4 Å². The SMILES string of the molecule is CCC(Nc1nc(NCCOC)ncc1-c1cncc(S(=O)(=O)NC(C)(C)C)c1)c1nc2cccc(F)c2c(=O)n1-c1ccccc1. The maximum Gasteiger partial charge on any atom is 0.269 e. The maximum absolute atomic E-state index is 15.0. The van der Waals surface area contributed by atoms with Crippen LogP contribution in [-0.4, -0.2) is 58.7 Å². The second kappa shape index (κ2) is 13.9. The van der Waals surface area contributed by atoms with Crippen molar-refractivity contribution in [2.45, 2.75) is 50.6 Å². The van der Waals surface area contributed by atoms with Gasteiger partial charge in [-0.05, 0) is 57.5 Å². The number of nitrogens with one attached hydrogen (secondary N) is 3. The van der Waals surface area contributed by atoms with Crippen molar-refractivity contribution in [1.82, 2.24) is 29.2 Å². The number of nitrogens with zero attached hydrogens (tertiary/aromatic N) is 5. The minimum Gasteiger partial charge on any atom is -0.383 e. The molecule has 0 fully saturated rings. The molecule has 14 heteroatoms. The second-order valence-corrected chi connectivity index (χ2v) is 13.5. The molecule has 0 aliphatic rings. The summed E-state index contributed by atoms with van der Waals surface area (Å²) in [6, 6.07) is 14.1. The third-order valence-electron chi connectivity index (χ3n) is 7.07. The quantitative estimate of drug-likeness (QED) is 0.155. The molecule has 47 heavy (non-hydrogen) atoms. The number of hydrogen-bond donors (Lipinski definition) is 3. The summed E-state index contributed by atoms with van der Waals surface area (Å²) in [4.78, 5) is 32.1. The van der Waals surface area contributed by atoms with Crippen molar-refractivity contribution in [2.24, 2.45) is 0 Å². The number of benzene rings is 2. The number of methoxy groups -OCH3 is 1. The van der Waals surface area contributed by atoms with Gasteiger partial charge in [-0.1, -0.05) is 31.2 Å². The Bertz CT molecular complexity index is 2050. The Hall–Kier alpha value is -4.79. The zero-order valence-corrected chi connectivity index (χ0v) is 27.6. The number of aromatic nitrogens is 5. The average Bonchev–Trinajstić information content (AvgIpc) is 3.03. The van der Waals surface area contributed by atoms with Gasteiger partial charge in [0, 0.05) is 48.9 Å². The van der Waals surface area contributed by atoms with E-state index in [0.29, 0.717) is 54.0 Å². The molecule has 3 heterocycles. The van der Waals surface area contributed by atoms with E-state index in [4.69, 9.17) is 14.7 Å². The molecule has 0 bridgehead atoms. The molecular formula is C33H37FN8O4S. The first-order chi connectivity index (χ1) is 22.4. The topological polar surface area (TPSA) is 153 Å². The van der Waals surface area contributed by atoms with Crippen LogP contribution in [0.2, 0.25) is 0 Å². The van der Waals surface area contributed by atoms with Gasteiger partial charge in [0.25, 0.3) is 5.56 Å². The molecule has 3 aromatic heterocycles. The fourth-order valence-electron chi connectivity index (χ4n) is 5.01. The summed E-state index contributed by atoms with van der Waals surface area (Å²) in [7, 11) is -2.31. The Morgan fingerprint density at radius 3 is 2.49 bits per heavy atom. The molecule has 246 valence electrons. The lowest BCUT2D eigenvalue weighted by atomic mass is 10.1. The van der Waals surface area contributed by atoms with Gasteiger partial charge in [-0.2, -0.15) is 4.98 Å². The van der Waals surface area contributed by atoms with Gasteiger partial charge in [-0.25, -0.2) is 27.5 Å². The van der Waals surface area contributed by atoms with Gasteiger partial charge in [0.2, 0.25) is 16.0 Å². The number of fused-ring (bicyclic) bond motifs is 1. The van der Waals surface area contributed by atoms with Crippen LogP contribution >= 0.6 is 0 Å². The zero-order chi connectivity index (χ0) is 33.8. The molecule has 0 saturated heterocycles. The molecule has 3 N–H and O–H groups in total. The van der Waals surface area contributed by atoms with Crippen molar-refractivity contribution in [3.63, 3.8) is 0 Å². The van der Waals surface area contributed by atoms with Gasteiger partial charge in [-0.3, -0.25) is 14.3 Å². The molecule has 12 nitrogen and oxygen atoms in total. The second-order valence-electron chi connectivity index (χ2n) is 11.8. The number of hydrogen-bond acceptors (Lipinski definition) is 10. The highest BCUT2D eigenvalue weighted by Crippen LogP contribution is 2.32. The molecule has 0 aliphatic carbocycles. The Balaban J connectivity index is 1.66. The van der Waals surface area contributed by atoms with Gasteiger partial charge < -0.3 is 15.4 Å². The molecule has 0 amide bonds. The summed E-state index contributed by atoms with van der Waals surface area (Å²) in [6.45, 7) is 8.02. The highest BCUT2D eigenvalue weighted by Gasteiger charge is 2.26. The molecule has 0 radical (unpaired) electrons. The summed E-state index contributed by atoms with van der Waals surface area (Å²) in [5.41, 5.74) is 0.379. The number of sulfonamides is 1. The first-order valence-electron chi connectivity index (χ1n) is 15.0. The number of anilines is 2. The lowest BCUT2D eigenvalue weighted by molar-refractivity contribution is 0.210. The van der Waals surface area contributed by atoms with Crippen LogP contribution < -0.4 is 20.9 Å². The van der Waals surface area contributed by atoms with Crippen molar-refractivity contribution >= 4 is 32.7 Å². The third kappa shape index (κ3) is 7.62. The van der Waals surface area contributed by atoms with Crippen LogP contribution in [0.1, 0.15) is 46.0 Å².